The molecule has 22 heavy (non-hydrogen) atoms. The molecule has 0 amide bonds. The third-order valence-corrected chi connectivity index (χ3v) is 4.29. The summed E-state index contributed by atoms with van der Waals surface area (Å²) in [5, 5.41) is 0.485. The largest absolute Gasteiger partial charge is 0.228 e. The standard InChI is InChI=1S/C18H12ClFN2/c19-17-15-10-7-11-3-1-2-4-14(11)16(15)21-18(22-17)12-5-8-13(20)9-6-12/h1-6,8-9H,7,10H2. The van der Waals surface area contributed by atoms with Crippen LogP contribution >= 0.6 is 11.6 Å². The first kappa shape index (κ1) is 13.4. The van der Waals surface area contributed by atoms with Crippen molar-refractivity contribution in [1.29, 1.82) is 0 Å². The molecule has 1 aromatic heterocycles. The van der Waals surface area contributed by atoms with E-state index in [2.05, 4.69) is 17.1 Å². The summed E-state index contributed by atoms with van der Waals surface area (Å²) in [5.41, 5.74) is 5.02. The van der Waals surface area contributed by atoms with Crippen LogP contribution in [0, 0.1) is 5.82 Å². The van der Waals surface area contributed by atoms with E-state index >= 15 is 0 Å². The zero-order valence-corrected chi connectivity index (χ0v) is 12.4. The molecule has 1 aliphatic carbocycles. The van der Waals surface area contributed by atoms with Crippen molar-refractivity contribution in [2.45, 2.75) is 12.8 Å². The lowest BCUT2D eigenvalue weighted by atomic mass is 9.90. The van der Waals surface area contributed by atoms with Gasteiger partial charge in [-0.3, -0.25) is 0 Å². The molecular weight excluding hydrogens is 299 g/mol. The van der Waals surface area contributed by atoms with Gasteiger partial charge in [-0.2, -0.15) is 0 Å². The van der Waals surface area contributed by atoms with Crippen LogP contribution in [-0.2, 0) is 12.8 Å². The highest BCUT2D eigenvalue weighted by Crippen LogP contribution is 2.36. The first-order chi connectivity index (χ1) is 10.7. The van der Waals surface area contributed by atoms with Crippen LogP contribution in [0.25, 0.3) is 22.6 Å². The minimum Gasteiger partial charge on any atom is -0.228 e. The van der Waals surface area contributed by atoms with Gasteiger partial charge in [0.05, 0.1) is 5.69 Å². The van der Waals surface area contributed by atoms with Crippen LogP contribution < -0.4 is 0 Å². The van der Waals surface area contributed by atoms with Crippen molar-refractivity contribution in [2.75, 3.05) is 0 Å². The van der Waals surface area contributed by atoms with Crippen molar-refractivity contribution in [3.05, 3.63) is 70.6 Å². The summed E-state index contributed by atoms with van der Waals surface area (Å²) < 4.78 is 13.1. The zero-order valence-electron chi connectivity index (χ0n) is 11.7. The monoisotopic (exact) mass is 310 g/mol. The fraction of sp³-hybridized carbons (Fsp3) is 0.111. The maximum atomic E-state index is 13.1. The van der Waals surface area contributed by atoms with Crippen molar-refractivity contribution in [1.82, 2.24) is 9.97 Å². The number of aryl methyl sites for hydroxylation is 1. The van der Waals surface area contributed by atoms with Crippen LogP contribution in [0.2, 0.25) is 5.15 Å². The maximum absolute atomic E-state index is 13.1. The number of hydrogen-bond donors (Lipinski definition) is 0. The Morgan fingerprint density at radius 2 is 1.68 bits per heavy atom. The lowest BCUT2D eigenvalue weighted by Crippen LogP contribution is -2.08. The van der Waals surface area contributed by atoms with E-state index in [-0.39, 0.29) is 5.82 Å². The van der Waals surface area contributed by atoms with Gasteiger partial charge in [-0.25, -0.2) is 14.4 Å². The van der Waals surface area contributed by atoms with Gasteiger partial charge in [0, 0.05) is 16.7 Å². The third-order valence-electron chi connectivity index (χ3n) is 3.98. The molecule has 3 aromatic rings. The van der Waals surface area contributed by atoms with E-state index in [1.165, 1.54) is 17.7 Å². The van der Waals surface area contributed by atoms with Gasteiger partial charge in [0.15, 0.2) is 5.82 Å². The molecule has 0 saturated heterocycles. The Hall–Kier alpha value is -2.26. The van der Waals surface area contributed by atoms with Gasteiger partial charge >= 0.3 is 0 Å². The van der Waals surface area contributed by atoms with Crippen LogP contribution in [0.1, 0.15) is 11.1 Å². The van der Waals surface area contributed by atoms with E-state index in [0.29, 0.717) is 11.0 Å². The fourth-order valence-electron chi connectivity index (χ4n) is 2.86. The summed E-state index contributed by atoms with van der Waals surface area (Å²) in [4.78, 5) is 9.09. The Bertz CT molecular complexity index is 859. The van der Waals surface area contributed by atoms with Crippen molar-refractivity contribution in [2.24, 2.45) is 0 Å². The molecule has 0 unspecified atom stereocenters. The van der Waals surface area contributed by atoms with E-state index < -0.39 is 0 Å². The van der Waals surface area contributed by atoms with E-state index in [9.17, 15) is 4.39 Å². The Balaban J connectivity index is 1.92. The summed E-state index contributed by atoms with van der Waals surface area (Å²) in [6.45, 7) is 0. The number of benzene rings is 2. The Morgan fingerprint density at radius 1 is 0.909 bits per heavy atom. The average Bonchev–Trinajstić information content (AvgIpc) is 2.55. The average molecular weight is 311 g/mol. The van der Waals surface area contributed by atoms with Gasteiger partial charge in [0.25, 0.3) is 0 Å². The molecule has 0 atom stereocenters. The first-order valence-electron chi connectivity index (χ1n) is 7.13. The quantitative estimate of drug-likeness (QED) is 0.609. The van der Waals surface area contributed by atoms with Crippen LogP contribution in [-0.4, -0.2) is 9.97 Å². The smallest absolute Gasteiger partial charge is 0.161 e. The topological polar surface area (TPSA) is 25.8 Å². The predicted octanol–water partition coefficient (Wildman–Crippen LogP) is 4.70. The van der Waals surface area contributed by atoms with Crippen LogP contribution in [0.15, 0.2) is 48.5 Å². The number of nitrogens with zero attached hydrogens (tertiary/aromatic N) is 2. The lowest BCUT2D eigenvalue weighted by Gasteiger charge is -2.20. The second-order valence-corrected chi connectivity index (χ2v) is 5.69. The van der Waals surface area contributed by atoms with E-state index in [0.717, 1.165) is 35.2 Å². The SMILES string of the molecule is Fc1ccc(-c2nc(Cl)c3c(n2)-c2ccccc2CC3)cc1. The van der Waals surface area contributed by atoms with Gasteiger partial charge in [-0.05, 0) is 42.7 Å². The summed E-state index contributed by atoms with van der Waals surface area (Å²) in [5.74, 6) is 0.249. The molecule has 0 bridgehead atoms. The number of halogens is 2. The van der Waals surface area contributed by atoms with Crippen molar-refractivity contribution in [3.8, 4) is 22.6 Å². The van der Waals surface area contributed by atoms with Gasteiger partial charge in [-0.1, -0.05) is 35.9 Å². The minimum atomic E-state index is -0.279. The normalized spacial score (nSPS) is 12.6. The molecule has 0 fully saturated rings. The summed E-state index contributed by atoms with van der Waals surface area (Å²) in [7, 11) is 0. The molecule has 0 saturated carbocycles. The summed E-state index contributed by atoms with van der Waals surface area (Å²) >= 11 is 6.37. The molecule has 0 aliphatic heterocycles. The number of hydrogen-bond acceptors (Lipinski definition) is 2. The van der Waals surface area contributed by atoms with Crippen molar-refractivity contribution < 1.29 is 4.39 Å². The highest BCUT2D eigenvalue weighted by molar-refractivity contribution is 6.30. The Labute approximate surface area is 132 Å². The Kier molecular flexibility index (Phi) is 3.16. The minimum absolute atomic E-state index is 0.279. The molecule has 4 heteroatoms. The van der Waals surface area contributed by atoms with E-state index in [4.69, 9.17) is 16.6 Å². The van der Waals surface area contributed by atoms with Gasteiger partial charge < -0.3 is 0 Å². The molecule has 0 radical (unpaired) electrons. The summed E-state index contributed by atoms with van der Waals surface area (Å²) in [6.07, 6.45) is 1.79. The molecule has 0 spiro atoms. The second kappa shape index (κ2) is 5.18. The molecule has 1 heterocycles. The lowest BCUT2D eigenvalue weighted by molar-refractivity contribution is 0.628. The molecular formula is C18H12ClFN2. The Morgan fingerprint density at radius 3 is 2.50 bits per heavy atom. The first-order valence-corrected chi connectivity index (χ1v) is 7.51. The molecule has 0 N–H and O–H groups in total. The van der Waals surface area contributed by atoms with Crippen LogP contribution in [0.3, 0.4) is 0 Å². The molecule has 2 aromatic carbocycles. The van der Waals surface area contributed by atoms with Crippen molar-refractivity contribution >= 4 is 11.6 Å². The van der Waals surface area contributed by atoms with E-state index in [1.807, 2.05) is 12.1 Å². The zero-order chi connectivity index (χ0) is 15.1. The van der Waals surface area contributed by atoms with E-state index in [1.54, 1.807) is 12.1 Å². The fourth-order valence-corrected chi connectivity index (χ4v) is 3.12. The summed E-state index contributed by atoms with van der Waals surface area (Å²) in [6, 6.07) is 14.4. The third kappa shape index (κ3) is 2.18. The molecule has 1 aliphatic rings. The van der Waals surface area contributed by atoms with Gasteiger partial charge in [0.2, 0.25) is 0 Å². The number of fused-ring (bicyclic) bond motifs is 3. The highest BCUT2D eigenvalue weighted by Gasteiger charge is 2.21. The van der Waals surface area contributed by atoms with Gasteiger partial charge in [0.1, 0.15) is 11.0 Å². The van der Waals surface area contributed by atoms with Crippen LogP contribution in [0.4, 0.5) is 4.39 Å². The number of aromatic nitrogens is 2. The highest BCUT2D eigenvalue weighted by atomic mass is 35.5. The molecule has 4 rings (SSSR count). The van der Waals surface area contributed by atoms with Gasteiger partial charge in [-0.15, -0.1) is 0 Å². The maximum Gasteiger partial charge on any atom is 0.161 e. The molecule has 2 nitrogen and oxygen atoms in total. The molecule has 108 valence electrons. The second-order valence-electron chi connectivity index (χ2n) is 5.33. The van der Waals surface area contributed by atoms with Crippen molar-refractivity contribution in [3.63, 3.8) is 0 Å². The predicted molar refractivity (Wildman–Crippen MR) is 85.3 cm³/mol. The number of rotatable bonds is 1. The van der Waals surface area contributed by atoms with Crippen LogP contribution in [0.5, 0.6) is 0 Å².